The van der Waals surface area contributed by atoms with Crippen molar-refractivity contribution < 1.29 is 4.74 Å². The maximum Gasteiger partial charge on any atom is 0.287 e. The molecule has 0 bridgehead atoms. The van der Waals surface area contributed by atoms with Gasteiger partial charge in [-0.25, -0.2) is 5.10 Å². The average Bonchev–Trinajstić information content (AvgIpc) is 2.25. The summed E-state index contributed by atoms with van der Waals surface area (Å²) in [6.45, 7) is 0.823. The van der Waals surface area contributed by atoms with E-state index in [-0.39, 0.29) is 17.4 Å². The molecule has 1 saturated heterocycles. The lowest BCUT2D eigenvalue weighted by Crippen LogP contribution is -2.23. The van der Waals surface area contributed by atoms with Crippen molar-refractivity contribution in [2.75, 3.05) is 12.3 Å². The summed E-state index contributed by atoms with van der Waals surface area (Å²) >= 11 is 0. The molecule has 0 amide bonds. The summed E-state index contributed by atoms with van der Waals surface area (Å²) in [6, 6.07) is 1.62. The van der Waals surface area contributed by atoms with E-state index < -0.39 is 0 Å². The summed E-state index contributed by atoms with van der Waals surface area (Å²) in [5.74, 6) is 0. The number of nitrogen functional groups attached to an aromatic ring is 1. The van der Waals surface area contributed by atoms with Crippen LogP contribution in [0.15, 0.2) is 10.9 Å². The lowest BCUT2D eigenvalue weighted by molar-refractivity contribution is 0.0161. The van der Waals surface area contributed by atoms with Crippen LogP contribution in [0.2, 0.25) is 0 Å². The minimum absolute atomic E-state index is 0.218. The summed E-state index contributed by atoms with van der Waals surface area (Å²) in [4.78, 5) is 11.0. The third kappa shape index (κ3) is 2.56. The maximum absolute atomic E-state index is 11.0. The third-order valence-electron chi connectivity index (χ3n) is 2.60. The largest absolute Gasteiger partial charge is 0.394 e. The van der Waals surface area contributed by atoms with Crippen LogP contribution in [-0.4, -0.2) is 22.9 Å². The highest BCUT2D eigenvalue weighted by molar-refractivity contribution is 5.34. The monoisotopic (exact) mass is 209 g/mol. The number of H-pyrrole nitrogens is 1. The number of nitrogens with one attached hydrogen (secondary N) is 1. The average molecular weight is 209 g/mol. The summed E-state index contributed by atoms with van der Waals surface area (Å²) in [7, 11) is 0. The molecular formula is C10H15N3O2. The molecule has 0 spiro atoms. The van der Waals surface area contributed by atoms with E-state index in [1.54, 1.807) is 6.07 Å². The first-order valence-corrected chi connectivity index (χ1v) is 5.21. The first kappa shape index (κ1) is 10.2. The number of ether oxygens (including phenoxy) is 1. The molecule has 5 nitrogen and oxygen atoms in total. The molecule has 1 aliphatic heterocycles. The van der Waals surface area contributed by atoms with Gasteiger partial charge in [-0.15, -0.1) is 0 Å². The second kappa shape index (κ2) is 4.44. The van der Waals surface area contributed by atoms with Gasteiger partial charge in [-0.1, -0.05) is 0 Å². The topological polar surface area (TPSA) is 81.0 Å². The van der Waals surface area contributed by atoms with Crippen LogP contribution in [0.1, 0.15) is 25.0 Å². The molecule has 15 heavy (non-hydrogen) atoms. The van der Waals surface area contributed by atoms with Crippen molar-refractivity contribution in [1.82, 2.24) is 10.2 Å². The van der Waals surface area contributed by atoms with Gasteiger partial charge in [0.05, 0.1) is 11.8 Å². The summed E-state index contributed by atoms with van der Waals surface area (Å²) in [5.41, 5.74) is 6.18. The summed E-state index contributed by atoms with van der Waals surface area (Å²) in [6.07, 6.45) is 4.33. The van der Waals surface area contributed by atoms with Crippen molar-refractivity contribution in [1.29, 1.82) is 0 Å². The minimum Gasteiger partial charge on any atom is -0.394 e. The van der Waals surface area contributed by atoms with E-state index in [9.17, 15) is 4.79 Å². The molecule has 2 rings (SSSR count). The lowest BCUT2D eigenvalue weighted by Gasteiger charge is -2.21. The molecule has 1 atom stereocenters. The van der Waals surface area contributed by atoms with Crippen LogP contribution >= 0.6 is 0 Å². The molecule has 1 fully saturated rings. The Kier molecular flexibility index (Phi) is 3.01. The van der Waals surface area contributed by atoms with Crippen LogP contribution in [0.4, 0.5) is 5.69 Å². The highest BCUT2D eigenvalue weighted by Gasteiger charge is 2.15. The van der Waals surface area contributed by atoms with Crippen molar-refractivity contribution in [2.24, 2.45) is 0 Å². The minimum atomic E-state index is -0.330. The Balaban J connectivity index is 2.03. The number of nitrogens with two attached hydrogens (primary N) is 1. The molecule has 0 saturated carbocycles. The number of anilines is 1. The standard InChI is InChI=1S/C10H15N3O2/c11-9-6-7(12-13-10(9)14)5-8-3-1-2-4-15-8/h6,8H,1-5H2,(H2,11,12)(H,13,14). The molecular weight excluding hydrogens is 194 g/mol. The molecule has 1 unspecified atom stereocenters. The molecule has 3 N–H and O–H groups in total. The fourth-order valence-electron chi connectivity index (χ4n) is 1.77. The fourth-order valence-corrected chi connectivity index (χ4v) is 1.77. The SMILES string of the molecule is Nc1cc(CC2CCCCO2)n[nH]c1=O. The van der Waals surface area contributed by atoms with Gasteiger partial charge in [0.1, 0.15) is 5.69 Å². The Labute approximate surface area is 87.6 Å². The molecule has 1 aliphatic rings. The molecule has 82 valence electrons. The molecule has 1 aromatic heterocycles. The van der Waals surface area contributed by atoms with Crippen LogP contribution in [0.3, 0.4) is 0 Å². The van der Waals surface area contributed by atoms with Gasteiger partial charge in [0.25, 0.3) is 5.56 Å². The zero-order valence-corrected chi connectivity index (χ0v) is 8.53. The van der Waals surface area contributed by atoms with Gasteiger partial charge in [0.15, 0.2) is 0 Å². The first-order valence-electron chi connectivity index (χ1n) is 5.21. The number of nitrogens with zero attached hydrogens (tertiary/aromatic N) is 1. The molecule has 5 heteroatoms. The Bertz CT molecular complexity index is 382. The number of aromatic nitrogens is 2. The van der Waals surface area contributed by atoms with E-state index in [2.05, 4.69) is 10.2 Å². The smallest absolute Gasteiger partial charge is 0.287 e. The van der Waals surface area contributed by atoms with Crippen molar-refractivity contribution in [3.05, 3.63) is 22.1 Å². The van der Waals surface area contributed by atoms with E-state index >= 15 is 0 Å². The zero-order chi connectivity index (χ0) is 10.7. The van der Waals surface area contributed by atoms with Crippen molar-refractivity contribution in [2.45, 2.75) is 31.8 Å². The Morgan fingerprint density at radius 1 is 1.60 bits per heavy atom. The van der Waals surface area contributed by atoms with Crippen molar-refractivity contribution >= 4 is 5.69 Å². The van der Waals surface area contributed by atoms with Gasteiger partial charge in [-0.05, 0) is 25.3 Å². The zero-order valence-electron chi connectivity index (χ0n) is 8.53. The van der Waals surface area contributed by atoms with Crippen LogP contribution in [-0.2, 0) is 11.2 Å². The van der Waals surface area contributed by atoms with Gasteiger partial charge in [-0.3, -0.25) is 4.79 Å². The Morgan fingerprint density at radius 3 is 3.13 bits per heavy atom. The second-order valence-corrected chi connectivity index (χ2v) is 3.84. The highest BCUT2D eigenvalue weighted by Crippen LogP contribution is 2.16. The van der Waals surface area contributed by atoms with E-state index in [1.807, 2.05) is 0 Å². The molecule has 0 aliphatic carbocycles. The van der Waals surface area contributed by atoms with Crippen LogP contribution in [0, 0.1) is 0 Å². The van der Waals surface area contributed by atoms with E-state index in [0.717, 1.165) is 31.6 Å². The second-order valence-electron chi connectivity index (χ2n) is 3.84. The van der Waals surface area contributed by atoms with Crippen molar-refractivity contribution in [3.8, 4) is 0 Å². The fraction of sp³-hybridized carbons (Fsp3) is 0.600. The third-order valence-corrected chi connectivity index (χ3v) is 2.60. The van der Waals surface area contributed by atoms with Crippen molar-refractivity contribution in [3.63, 3.8) is 0 Å². The lowest BCUT2D eigenvalue weighted by atomic mass is 10.0. The van der Waals surface area contributed by atoms with Gasteiger partial charge in [0, 0.05) is 13.0 Å². The maximum atomic E-state index is 11.0. The molecule has 1 aromatic rings. The normalized spacial score (nSPS) is 21.5. The summed E-state index contributed by atoms with van der Waals surface area (Å²) < 4.78 is 5.58. The predicted molar refractivity (Wildman–Crippen MR) is 56.6 cm³/mol. The van der Waals surface area contributed by atoms with Crippen LogP contribution in [0.5, 0.6) is 0 Å². The number of hydrogen-bond donors (Lipinski definition) is 2. The van der Waals surface area contributed by atoms with Gasteiger partial charge in [-0.2, -0.15) is 5.10 Å². The molecule has 0 aromatic carbocycles. The Hall–Kier alpha value is -1.36. The van der Waals surface area contributed by atoms with E-state index in [1.165, 1.54) is 6.42 Å². The summed E-state index contributed by atoms with van der Waals surface area (Å²) in [5, 5.41) is 6.31. The van der Waals surface area contributed by atoms with Crippen LogP contribution in [0.25, 0.3) is 0 Å². The first-order chi connectivity index (χ1) is 7.25. The number of rotatable bonds is 2. The predicted octanol–water partition coefficient (Wildman–Crippen LogP) is 0.464. The van der Waals surface area contributed by atoms with Gasteiger partial charge in [0.2, 0.25) is 0 Å². The van der Waals surface area contributed by atoms with E-state index in [0.29, 0.717) is 0 Å². The number of aromatic amines is 1. The molecule has 2 heterocycles. The van der Waals surface area contributed by atoms with Gasteiger partial charge >= 0.3 is 0 Å². The number of hydrogen-bond acceptors (Lipinski definition) is 4. The van der Waals surface area contributed by atoms with Gasteiger partial charge < -0.3 is 10.5 Å². The molecule has 0 radical (unpaired) electrons. The highest BCUT2D eigenvalue weighted by atomic mass is 16.5. The quantitative estimate of drug-likeness (QED) is 0.741. The van der Waals surface area contributed by atoms with Crippen LogP contribution < -0.4 is 11.3 Å². The van der Waals surface area contributed by atoms with E-state index in [4.69, 9.17) is 10.5 Å². The Morgan fingerprint density at radius 2 is 2.47 bits per heavy atom.